The highest BCUT2D eigenvalue weighted by atomic mass is 32.1. The standard InChI is InChI=1S/C23H28N2O4S/c1-15-6-4-7-16(12-15)29-14-20(26)25-23-21(18-9-2-3-10-19(18)30-23)22(27)24-13-17-8-5-11-28-17/h4,6-7,12,17H,2-3,5,8-11,13-14H2,1H3,(H,24,27)(H,25,26)/t17-/m1/s1. The Morgan fingerprint density at radius 2 is 2.10 bits per heavy atom. The van der Waals surface area contributed by atoms with Gasteiger partial charge in [0.2, 0.25) is 0 Å². The Kier molecular flexibility index (Phi) is 6.69. The van der Waals surface area contributed by atoms with Gasteiger partial charge in [-0.15, -0.1) is 11.3 Å². The minimum Gasteiger partial charge on any atom is -0.484 e. The zero-order valence-corrected chi connectivity index (χ0v) is 18.1. The van der Waals surface area contributed by atoms with Gasteiger partial charge in [0.15, 0.2) is 6.61 Å². The number of carbonyl (C=O) groups excluding carboxylic acids is 2. The van der Waals surface area contributed by atoms with E-state index < -0.39 is 0 Å². The molecule has 1 aromatic carbocycles. The van der Waals surface area contributed by atoms with E-state index in [1.807, 2.05) is 31.2 Å². The maximum Gasteiger partial charge on any atom is 0.262 e. The molecule has 6 nitrogen and oxygen atoms in total. The van der Waals surface area contributed by atoms with E-state index in [1.54, 1.807) is 0 Å². The first-order valence-corrected chi connectivity index (χ1v) is 11.5. The van der Waals surface area contributed by atoms with E-state index in [-0.39, 0.29) is 24.5 Å². The normalized spacial score (nSPS) is 18.0. The SMILES string of the molecule is Cc1cccc(OCC(=O)Nc2sc3c(c2C(=O)NC[C@H]2CCCO2)CCCC3)c1. The molecule has 0 saturated carbocycles. The summed E-state index contributed by atoms with van der Waals surface area (Å²) in [6.07, 6.45) is 6.13. The number of amides is 2. The number of fused-ring (bicyclic) bond motifs is 1. The van der Waals surface area contributed by atoms with E-state index in [1.165, 1.54) is 16.2 Å². The number of thiophene rings is 1. The minimum atomic E-state index is -0.261. The van der Waals surface area contributed by atoms with Crippen molar-refractivity contribution in [2.24, 2.45) is 0 Å². The van der Waals surface area contributed by atoms with Crippen molar-refractivity contribution in [2.75, 3.05) is 25.1 Å². The zero-order chi connectivity index (χ0) is 20.9. The van der Waals surface area contributed by atoms with Crippen LogP contribution in [0.5, 0.6) is 5.75 Å². The summed E-state index contributed by atoms with van der Waals surface area (Å²) in [5.41, 5.74) is 2.78. The molecule has 0 spiro atoms. The Bertz CT molecular complexity index is 918. The van der Waals surface area contributed by atoms with Crippen molar-refractivity contribution in [3.63, 3.8) is 0 Å². The van der Waals surface area contributed by atoms with E-state index >= 15 is 0 Å². The van der Waals surface area contributed by atoms with Crippen LogP contribution in [0.4, 0.5) is 5.00 Å². The number of aryl methyl sites for hydroxylation is 2. The average molecular weight is 429 g/mol. The highest BCUT2D eigenvalue weighted by molar-refractivity contribution is 7.17. The lowest BCUT2D eigenvalue weighted by Crippen LogP contribution is -2.33. The molecule has 2 heterocycles. The van der Waals surface area contributed by atoms with Gasteiger partial charge in [-0.05, 0) is 68.7 Å². The fourth-order valence-corrected chi connectivity index (χ4v) is 5.31. The first kappa shape index (κ1) is 20.9. The van der Waals surface area contributed by atoms with Crippen LogP contribution in [-0.2, 0) is 22.4 Å². The summed E-state index contributed by atoms with van der Waals surface area (Å²) < 4.78 is 11.2. The number of rotatable bonds is 7. The summed E-state index contributed by atoms with van der Waals surface area (Å²) in [5, 5.41) is 6.57. The molecule has 1 fully saturated rings. The smallest absolute Gasteiger partial charge is 0.262 e. The van der Waals surface area contributed by atoms with Crippen molar-refractivity contribution >= 4 is 28.2 Å². The molecule has 0 bridgehead atoms. The van der Waals surface area contributed by atoms with E-state index in [4.69, 9.17) is 9.47 Å². The van der Waals surface area contributed by atoms with Gasteiger partial charge in [0.05, 0.1) is 11.7 Å². The fraction of sp³-hybridized carbons (Fsp3) is 0.478. The molecule has 1 aromatic heterocycles. The van der Waals surface area contributed by atoms with Gasteiger partial charge in [-0.2, -0.15) is 0 Å². The number of nitrogens with one attached hydrogen (secondary N) is 2. The van der Waals surface area contributed by atoms with Crippen LogP contribution < -0.4 is 15.4 Å². The molecule has 0 radical (unpaired) electrons. The van der Waals surface area contributed by atoms with Gasteiger partial charge >= 0.3 is 0 Å². The first-order valence-electron chi connectivity index (χ1n) is 10.6. The van der Waals surface area contributed by atoms with Gasteiger partial charge < -0.3 is 20.1 Å². The molecule has 2 N–H and O–H groups in total. The van der Waals surface area contributed by atoms with Crippen LogP contribution in [0.3, 0.4) is 0 Å². The second-order valence-electron chi connectivity index (χ2n) is 7.91. The predicted octanol–water partition coefficient (Wildman–Crippen LogP) is 3.86. The molecule has 30 heavy (non-hydrogen) atoms. The molecule has 0 unspecified atom stereocenters. The fourth-order valence-electron chi connectivity index (χ4n) is 4.01. The van der Waals surface area contributed by atoms with Gasteiger partial charge in [0.1, 0.15) is 10.8 Å². The Balaban J connectivity index is 1.44. The van der Waals surface area contributed by atoms with Crippen LogP contribution in [0.25, 0.3) is 0 Å². The molecule has 1 saturated heterocycles. The van der Waals surface area contributed by atoms with Crippen molar-refractivity contribution in [3.8, 4) is 5.75 Å². The average Bonchev–Trinajstić information content (AvgIpc) is 3.38. The molecule has 4 rings (SSSR count). The predicted molar refractivity (Wildman–Crippen MR) is 118 cm³/mol. The van der Waals surface area contributed by atoms with Crippen molar-refractivity contribution in [1.82, 2.24) is 5.32 Å². The summed E-state index contributed by atoms with van der Waals surface area (Å²) in [4.78, 5) is 26.8. The maximum absolute atomic E-state index is 13.0. The highest BCUT2D eigenvalue weighted by Crippen LogP contribution is 2.38. The Morgan fingerprint density at radius 3 is 2.90 bits per heavy atom. The molecule has 2 aromatic rings. The van der Waals surface area contributed by atoms with Crippen molar-refractivity contribution in [3.05, 3.63) is 45.8 Å². The second kappa shape index (κ2) is 9.62. The number of hydrogen-bond donors (Lipinski definition) is 2. The number of hydrogen-bond acceptors (Lipinski definition) is 5. The third-order valence-corrected chi connectivity index (χ3v) is 6.73. The van der Waals surface area contributed by atoms with Crippen molar-refractivity contribution in [2.45, 2.75) is 51.6 Å². The monoisotopic (exact) mass is 428 g/mol. The van der Waals surface area contributed by atoms with E-state index in [9.17, 15) is 9.59 Å². The second-order valence-corrected chi connectivity index (χ2v) is 9.02. The van der Waals surface area contributed by atoms with Crippen LogP contribution in [0.1, 0.15) is 52.0 Å². The third-order valence-electron chi connectivity index (χ3n) is 5.53. The minimum absolute atomic E-state index is 0.0872. The van der Waals surface area contributed by atoms with Crippen molar-refractivity contribution in [1.29, 1.82) is 0 Å². The molecule has 1 aliphatic carbocycles. The molecule has 2 amide bonds. The van der Waals surface area contributed by atoms with Gasteiger partial charge in [0, 0.05) is 18.0 Å². The largest absolute Gasteiger partial charge is 0.484 e. The summed E-state index contributed by atoms with van der Waals surface area (Å²) in [7, 11) is 0. The van der Waals surface area contributed by atoms with Gasteiger partial charge in [-0.25, -0.2) is 0 Å². The molecular formula is C23H28N2O4S. The number of carbonyl (C=O) groups is 2. The third kappa shape index (κ3) is 5.02. The van der Waals surface area contributed by atoms with Gasteiger partial charge in [0.25, 0.3) is 11.8 Å². The molecule has 1 aliphatic heterocycles. The first-order chi connectivity index (χ1) is 14.6. The van der Waals surface area contributed by atoms with Crippen LogP contribution in [0, 0.1) is 6.92 Å². The van der Waals surface area contributed by atoms with Gasteiger partial charge in [-0.3, -0.25) is 9.59 Å². The van der Waals surface area contributed by atoms with Gasteiger partial charge in [-0.1, -0.05) is 12.1 Å². The van der Waals surface area contributed by atoms with E-state index in [2.05, 4.69) is 10.6 Å². The van der Waals surface area contributed by atoms with Crippen LogP contribution >= 0.6 is 11.3 Å². The van der Waals surface area contributed by atoms with Crippen LogP contribution in [-0.4, -0.2) is 37.7 Å². The number of anilines is 1. The molecule has 7 heteroatoms. The molecular weight excluding hydrogens is 400 g/mol. The Morgan fingerprint density at radius 1 is 1.23 bits per heavy atom. The maximum atomic E-state index is 13.0. The number of benzene rings is 1. The summed E-state index contributed by atoms with van der Waals surface area (Å²) in [6.45, 7) is 3.15. The summed E-state index contributed by atoms with van der Waals surface area (Å²) >= 11 is 1.52. The lowest BCUT2D eigenvalue weighted by atomic mass is 9.95. The molecule has 2 aliphatic rings. The zero-order valence-electron chi connectivity index (χ0n) is 17.3. The number of ether oxygens (including phenoxy) is 2. The van der Waals surface area contributed by atoms with Crippen molar-refractivity contribution < 1.29 is 19.1 Å². The Labute approximate surface area is 181 Å². The van der Waals surface area contributed by atoms with E-state index in [0.717, 1.165) is 56.3 Å². The molecule has 1 atom stereocenters. The molecule has 160 valence electrons. The summed E-state index contributed by atoms with van der Waals surface area (Å²) in [5.74, 6) is 0.272. The lowest BCUT2D eigenvalue weighted by molar-refractivity contribution is -0.118. The van der Waals surface area contributed by atoms with Crippen LogP contribution in [0.2, 0.25) is 0 Å². The highest BCUT2D eigenvalue weighted by Gasteiger charge is 2.27. The quantitative estimate of drug-likeness (QED) is 0.702. The topological polar surface area (TPSA) is 76.7 Å². The lowest BCUT2D eigenvalue weighted by Gasteiger charge is -2.15. The summed E-state index contributed by atoms with van der Waals surface area (Å²) in [6, 6.07) is 7.59. The van der Waals surface area contributed by atoms with Crippen LogP contribution in [0.15, 0.2) is 24.3 Å². The Hall–Kier alpha value is -2.38. The van der Waals surface area contributed by atoms with E-state index in [0.29, 0.717) is 22.9 Å².